The van der Waals surface area contributed by atoms with E-state index in [1.165, 1.54) is 0 Å². The van der Waals surface area contributed by atoms with Crippen LogP contribution in [-0.2, 0) is 4.79 Å². The fraction of sp³-hybridized carbons (Fsp3) is 0.875. The Kier molecular flexibility index (Phi) is 6.50. The van der Waals surface area contributed by atoms with Crippen molar-refractivity contribution in [3.05, 3.63) is 0 Å². The van der Waals surface area contributed by atoms with Gasteiger partial charge in [-0.05, 0) is 19.3 Å². The Labute approximate surface area is 62.8 Å². The Balaban J connectivity index is 3.04. The van der Waals surface area contributed by atoms with Crippen LogP contribution in [0.5, 0.6) is 0 Å². The maximum absolute atomic E-state index is 9.90. The molecule has 2 nitrogen and oxygen atoms in total. The number of hydrogen-bond acceptors (Lipinski definition) is 2. The molecule has 0 fully saturated rings. The fourth-order valence-electron chi connectivity index (χ4n) is 0.979. The van der Waals surface area contributed by atoms with Crippen molar-refractivity contribution in [2.75, 3.05) is 0 Å². The Hall–Kier alpha value is -0.370. The summed E-state index contributed by atoms with van der Waals surface area (Å²) in [6, 6.07) is 0.310. The van der Waals surface area contributed by atoms with Crippen molar-refractivity contribution in [2.45, 2.75) is 45.1 Å². The average molecular weight is 143 g/mol. The maximum Gasteiger partial charge on any atom is 0.119 e. The number of unbranched alkanes of at least 4 members (excludes halogenated alkanes) is 1. The van der Waals surface area contributed by atoms with Crippen LogP contribution in [0.4, 0.5) is 0 Å². The summed E-state index contributed by atoms with van der Waals surface area (Å²) in [7, 11) is 0. The van der Waals surface area contributed by atoms with Gasteiger partial charge in [-0.25, -0.2) is 0 Å². The molecule has 2 heteroatoms. The zero-order valence-corrected chi connectivity index (χ0v) is 6.68. The van der Waals surface area contributed by atoms with Gasteiger partial charge in [-0.1, -0.05) is 13.3 Å². The highest BCUT2D eigenvalue weighted by Crippen LogP contribution is 2.02. The number of nitrogens with two attached hydrogens (primary N) is 1. The summed E-state index contributed by atoms with van der Waals surface area (Å²) < 4.78 is 0. The van der Waals surface area contributed by atoms with Crippen molar-refractivity contribution in [3.63, 3.8) is 0 Å². The summed E-state index contributed by atoms with van der Waals surface area (Å²) >= 11 is 0. The minimum absolute atomic E-state index is 0.310. The Morgan fingerprint density at radius 2 is 2.20 bits per heavy atom. The summed E-state index contributed by atoms with van der Waals surface area (Å²) in [5.74, 6) is 0. The van der Waals surface area contributed by atoms with Crippen LogP contribution in [-0.4, -0.2) is 12.3 Å². The molecule has 1 atom stereocenters. The van der Waals surface area contributed by atoms with E-state index in [1.54, 1.807) is 0 Å². The molecular weight excluding hydrogens is 126 g/mol. The van der Waals surface area contributed by atoms with Gasteiger partial charge in [0.25, 0.3) is 0 Å². The highest BCUT2D eigenvalue weighted by Gasteiger charge is 1.98. The molecule has 0 aliphatic rings. The molecule has 0 aromatic rings. The Morgan fingerprint density at radius 3 is 2.70 bits per heavy atom. The SMILES string of the molecule is CCCC(N)CCCC=O. The Bertz CT molecular complexity index is 83.3. The van der Waals surface area contributed by atoms with E-state index in [2.05, 4.69) is 6.92 Å². The third kappa shape index (κ3) is 5.76. The molecule has 60 valence electrons. The topological polar surface area (TPSA) is 43.1 Å². The van der Waals surface area contributed by atoms with E-state index < -0.39 is 0 Å². The largest absolute Gasteiger partial charge is 0.328 e. The van der Waals surface area contributed by atoms with E-state index in [0.29, 0.717) is 12.5 Å². The van der Waals surface area contributed by atoms with Gasteiger partial charge in [0.05, 0.1) is 0 Å². The van der Waals surface area contributed by atoms with Crippen LogP contribution in [0.25, 0.3) is 0 Å². The molecule has 0 spiro atoms. The van der Waals surface area contributed by atoms with Gasteiger partial charge in [-0.15, -0.1) is 0 Å². The second kappa shape index (κ2) is 6.75. The first-order valence-corrected chi connectivity index (χ1v) is 4.00. The van der Waals surface area contributed by atoms with Crippen LogP contribution in [0.2, 0.25) is 0 Å². The van der Waals surface area contributed by atoms with Crippen LogP contribution in [0.15, 0.2) is 0 Å². The molecule has 0 heterocycles. The molecule has 0 rings (SSSR count). The molecule has 0 saturated carbocycles. The van der Waals surface area contributed by atoms with E-state index in [4.69, 9.17) is 5.73 Å². The summed E-state index contributed by atoms with van der Waals surface area (Å²) in [4.78, 5) is 9.90. The number of aldehydes is 1. The lowest BCUT2D eigenvalue weighted by Gasteiger charge is -2.07. The Morgan fingerprint density at radius 1 is 1.50 bits per heavy atom. The first kappa shape index (κ1) is 9.63. The van der Waals surface area contributed by atoms with Crippen LogP contribution in [0.1, 0.15) is 39.0 Å². The van der Waals surface area contributed by atoms with Crippen molar-refractivity contribution in [1.82, 2.24) is 0 Å². The lowest BCUT2D eigenvalue weighted by molar-refractivity contribution is -0.107. The first-order chi connectivity index (χ1) is 4.81. The lowest BCUT2D eigenvalue weighted by atomic mass is 10.1. The molecule has 0 aromatic carbocycles. The van der Waals surface area contributed by atoms with Gasteiger partial charge in [0, 0.05) is 12.5 Å². The number of hydrogen-bond donors (Lipinski definition) is 1. The molecule has 0 bridgehead atoms. The van der Waals surface area contributed by atoms with Crippen molar-refractivity contribution in [2.24, 2.45) is 5.73 Å². The molecule has 0 aliphatic heterocycles. The molecule has 0 radical (unpaired) electrons. The van der Waals surface area contributed by atoms with E-state index in [9.17, 15) is 4.79 Å². The van der Waals surface area contributed by atoms with Gasteiger partial charge >= 0.3 is 0 Å². The maximum atomic E-state index is 9.90. The first-order valence-electron chi connectivity index (χ1n) is 4.00. The van der Waals surface area contributed by atoms with Crippen LogP contribution >= 0.6 is 0 Å². The molecular formula is C8H17NO. The second-order valence-corrected chi connectivity index (χ2v) is 2.65. The van der Waals surface area contributed by atoms with Crippen LogP contribution in [0, 0.1) is 0 Å². The van der Waals surface area contributed by atoms with E-state index in [-0.39, 0.29) is 0 Å². The highest BCUT2D eigenvalue weighted by atomic mass is 16.1. The highest BCUT2D eigenvalue weighted by molar-refractivity contribution is 5.48. The smallest absolute Gasteiger partial charge is 0.119 e. The van der Waals surface area contributed by atoms with Gasteiger partial charge in [-0.2, -0.15) is 0 Å². The molecule has 2 N–H and O–H groups in total. The standard InChI is InChI=1S/C8H17NO/c1-2-5-8(9)6-3-4-7-10/h7-8H,2-6,9H2,1H3. The fourth-order valence-corrected chi connectivity index (χ4v) is 0.979. The van der Waals surface area contributed by atoms with Crippen molar-refractivity contribution < 1.29 is 4.79 Å². The van der Waals surface area contributed by atoms with Crippen molar-refractivity contribution in [1.29, 1.82) is 0 Å². The zero-order chi connectivity index (χ0) is 7.82. The van der Waals surface area contributed by atoms with E-state index in [0.717, 1.165) is 32.0 Å². The van der Waals surface area contributed by atoms with Crippen LogP contribution < -0.4 is 5.73 Å². The van der Waals surface area contributed by atoms with Gasteiger partial charge in [0.1, 0.15) is 6.29 Å². The van der Waals surface area contributed by atoms with Gasteiger partial charge in [-0.3, -0.25) is 0 Å². The molecule has 0 saturated heterocycles. The van der Waals surface area contributed by atoms with Crippen LogP contribution in [0.3, 0.4) is 0 Å². The van der Waals surface area contributed by atoms with E-state index in [1.807, 2.05) is 0 Å². The summed E-state index contributed by atoms with van der Waals surface area (Å²) in [6.45, 7) is 2.12. The third-order valence-corrected chi connectivity index (χ3v) is 1.56. The summed E-state index contributed by atoms with van der Waals surface area (Å²) in [5, 5.41) is 0. The molecule has 1 unspecified atom stereocenters. The second-order valence-electron chi connectivity index (χ2n) is 2.65. The normalized spacial score (nSPS) is 13.0. The monoisotopic (exact) mass is 143 g/mol. The quantitative estimate of drug-likeness (QED) is 0.452. The minimum atomic E-state index is 0.310. The van der Waals surface area contributed by atoms with E-state index >= 15 is 0 Å². The predicted octanol–water partition coefficient (Wildman–Crippen LogP) is 1.48. The van der Waals surface area contributed by atoms with Crippen molar-refractivity contribution >= 4 is 6.29 Å². The van der Waals surface area contributed by atoms with Gasteiger partial charge < -0.3 is 10.5 Å². The molecule has 0 amide bonds. The number of carbonyl (C=O) groups excluding carboxylic acids is 1. The number of rotatable bonds is 6. The predicted molar refractivity (Wildman–Crippen MR) is 42.8 cm³/mol. The summed E-state index contributed by atoms with van der Waals surface area (Å²) in [6.07, 6.45) is 5.79. The molecule has 10 heavy (non-hydrogen) atoms. The van der Waals surface area contributed by atoms with Gasteiger partial charge in [0.15, 0.2) is 0 Å². The van der Waals surface area contributed by atoms with Crippen molar-refractivity contribution in [3.8, 4) is 0 Å². The zero-order valence-electron chi connectivity index (χ0n) is 6.68. The lowest BCUT2D eigenvalue weighted by Crippen LogP contribution is -2.18. The molecule has 0 aromatic heterocycles. The average Bonchev–Trinajstić information content (AvgIpc) is 1.89. The third-order valence-electron chi connectivity index (χ3n) is 1.56. The molecule has 0 aliphatic carbocycles. The van der Waals surface area contributed by atoms with Gasteiger partial charge in [0.2, 0.25) is 0 Å². The minimum Gasteiger partial charge on any atom is -0.328 e. The summed E-state index contributed by atoms with van der Waals surface area (Å²) in [5.41, 5.74) is 5.71. The number of carbonyl (C=O) groups is 1.